The molecule has 0 amide bonds. The highest BCUT2D eigenvalue weighted by Crippen LogP contribution is 2.48. The van der Waals surface area contributed by atoms with Gasteiger partial charge in [0.25, 0.3) is 0 Å². The standard InChI is InChI=1S/3C24H31FN6O4S/c3*1-3-8-36-24-27-22(26-16-10-14(16)13-5-4-12(2)15(25)9-13)19-23(28-24)31(30-29-19)17-11-18(35-7-6-32)21(34)20(17)33/h3*4-5,9,14,16-18,20-21,32-34H,3,6-8,10-11H2,1-2H3,(H,26,27,28)/t3*14-,16+,17+,18-,20-,21+/m000/s1/i6D2,7D2,8D2,10D2;3D2,6D2,8D2,10D2;3D2,8D2,10D2. The predicted octanol–water partition coefficient (Wildman–Crippen LogP) is 6.55. The lowest BCUT2D eigenvalue weighted by molar-refractivity contribution is -0.0629. The molecule has 0 unspecified atom stereocenters. The molecule has 6 aromatic heterocycles. The third-order valence-corrected chi connectivity index (χ3v) is 20.9. The maximum absolute atomic E-state index is 14.3. The Morgan fingerprint density at radius 1 is 0.472 bits per heavy atom. The first-order chi connectivity index (χ1) is 60.0. The fourth-order valence-corrected chi connectivity index (χ4v) is 14.4. The first kappa shape index (κ1) is 55.3. The van der Waals surface area contributed by atoms with Crippen molar-refractivity contribution >= 4 is 86.2 Å². The molecule has 9 aromatic rings. The summed E-state index contributed by atoms with van der Waals surface area (Å²) in [6.45, 7) is -1.87. The van der Waals surface area contributed by atoms with Crippen LogP contribution in [0.25, 0.3) is 33.5 Å². The number of fused-ring (bicyclic) bond motifs is 3. The molecule has 6 saturated carbocycles. The van der Waals surface area contributed by atoms with Gasteiger partial charge in [-0.05, 0) is 111 Å². The van der Waals surface area contributed by atoms with E-state index in [2.05, 4.69) is 76.8 Å². The van der Waals surface area contributed by atoms with Gasteiger partial charge < -0.3 is 76.1 Å². The summed E-state index contributed by atoms with van der Waals surface area (Å²) in [4.78, 5) is 26.2. The van der Waals surface area contributed by atoms with Crippen molar-refractivity contribution in [3.63, 3.8) is 0 Å². The normalized spacial score (nSPS) is 33.1. The van der Waals surface area contributed by atoms with Gasteiger partial charge in [0.15, 0.2) is 66.4 Å². The summed E-state index contributed by atoms with van der Waals surface area (Å²) in [6, 6.07) is 7.74. The third kappa shape index (κ3) is 17.5. The van der Waals surface area contributed by atoms with Crippen molar-refractivity contribution in [3.05, 3.63) is 105 Å². The van der Waals surface area contributed by atoms with Crippen molar-refractivity contribution in [2.24, 2.45) is 0 Å². The number of hydrogen-bond acceptors (Lipinski definition) is 30. The van der Waals surface area contributed by atoms with Crippen LogP contribution in [0.15, 0.2) is 70.1 Å². The molecule has 0 bridgehead atoms. The minimum atomic E-state index is -3.41. The Morgan fingerprint density at radius 3 is 1.13 bits per heavy atom. The van der Waals surface area contributed by atoms with Crippen molar-refractivity contribution in [2.45, 2.75) is 224 Å². The van der Waals surface area contributed by atoms with Crippen LogP contribution >= 0.6 is 35.3 Å². The number of aromatic nitrogens is 15. The number of anilines is 3. The number of aliphatic hydroxyl groups excluding tert-OH is 7. The van der Waals surface area contributed by atoms with E-state index in [1.54, 1.807) is 64.1 Å². The number of thioether (sulfide) groups is 3. The molecule has 3 aromatic carbocycles. The highest BCUT2D eigenvalue weighted by atomic mass is 32.2. The number of rotatable bonds is 30. The van der Waals surface area contributed by atoms with Gasteiger partial charge in [-0.2, -0.15) is 0 Å². The fraction of sp³-hybridized carbons (Fsp3) is 0.583. The van der Waals surface area contributed by atoms with Crippen LogP contribution in [0.1, 0.15) is 178 Å². The fourth-order valence-electron chi connectivity index (χ4n) is 12.9. The van der Waals surface area contributed by atoms with Crippen LogP contribution in [0.2, 0.25) is 0 Å². The Hall–Kier alpha value is -7.14. The zero-order valence-corrected chi connectivity index (χ0v) is 60.8. The van der Waals surface area contributed by atoms with Crippen molar-refractivity contribution in [2.75, 3.05) is 72.6 Å². The van der Waals surface area contributed by atoms with E-state index in [1.807, 2.05) is 0 Å². The molecule has 15 rings (SSSR count). The maximum atomic E-state index is 14.3. The molecular formula is C72H93F3N18O12S3. The minimum Gasteiger partial charge on any atom is -0.394 e. The van der Waals surface area contributed by atoms with E-state index in [1.165, 1.54) is 22.9 Å². The van der Waals surface area contributed by atoms with E-state index in [0.29, 0.717) is 68.7 Å². The van der Waals surface area contributed by atoms with Gasteiger partial charge in [0.1, 0.15) is 54.1 Å². The molecule has 36 heteroatoms. The molecule has 6 fully saturated rings. The molecular weight excluding hydrogens is 1460 g/mol. The van der Waals surface area contributed by atoms with E-state index in [-0.39, 0.29) is 105 Å². The van der Waals surface area contributed by atoms with Crippen molar-refractivity contribution in [1.82, 2.24) is 74.9 Å². The molecule has 582 valence electrons. The second-order valence-electron chi connectivity index (χ2n) is 25.9. The topological polar surface area (TPSA) is 415 Å². The Labute approximate surface area is 664 Å². The molecule has 0 saturated heterocycles. The number of hydrogen-bond donors (Lipinski definition) is 12. The zero-order chi connectivity index (χ0) is 95.9. The molecule has 6 heterocycles. The van der Waals surface area contributed by atoms with Crippen LogP contribution < -0.4 is 16.0 Å². The van der Waals surface area contributed by atoms with Crippen LogP contribution in [0.5, 0.6) is 0 Å². The van der Waals surface area contributed by atoms with Crippen LogP contribution in [0.4, 0.5) is 30.6 Å². The quantitative estimate of drug-likeness (QED) is 0.0168. The number of aliphatic hydroxyl groups is 9. The highest BCUT2D eigenvalue weighted by Gasteiger charge is 2.49. The summed E-state index contributed by atoms with van der Waals surface area (Å²) < 4.78 is 239. The summed E-state index contributed by atoms with van der Waals surface area (Å²) in [6.07, 6.45) is -22.7. The molecule has 6 aliphatic carbocycles. The number of benzene rings is 3. The summed E-state index contributed by atoms with van der Waals surface area (Å²) in [7, 11) is 0. The summed E-state index contributed by atoms with van der Waals surface area (Å²) in [5.74, 6) is -3.75. The van der Waals surface area contributed by atoms with Crippen LogP contribution in [0.3, 0.4) is 0 Å². The van der Waals surface area contributed by atoms with Gasteiger partial charge in [0.2, 0.25) is 0 Å². The van der Waals surface area contributed by atoms with Crippen LogP contribution in [0, 0.1) is 38.2 Å². The van der Waals surface area contributed by atoms with E-state index in [4.69, 9.17) is 49.5 Å². The van der Waals surface area contributed by atoms with Crippen molar-refractivity contribution in [3.8, 4) is 0 Å². The SMILES string of the molecule is [2H]C([2H])(CC)Sc1nc(N[C@H]2[C@H](c3ccc(C)c(F)c3)C2([2H])[2H])c2nnn([C@@H]3C[C@H](OC([2H])([2H])C([2H])([2H])O)[C@@H](O)[C@H]3O)c2n1.[2H]C([2H])(O)CO[C@H]1C[C@@H](n2nnc3c(N[C@H]4[C@H](c5ccc(C)c(F)c5)C4([2H])[2H])nc(SC([2H])([2H])C([2H])([2H])C)nc32)[C@H](O)[C@@H]1O.[2H]C1([2H])[C@@H](Nc2nc(SC([2H])([2H])C([2H])([2H])C)nc3c2nnn3[C@@H]2C[C@H](OCCO)[C@@H](O)[C@H]2O)[C@@H]1c1ccc(C)c(F)c1. The maximum Gasteiger partial charge on any atom is 0.191 e. The lowest BCUT2D eigenvalue weighted by atomic mass is 10.1. The molecule has 108 heavy (non-hydrogen) atoms. The third-order valence-electron chi connectivity index (χ3n) is 18.8. The zero-order valence-electron chi connectivity index (χ0n) is 80.4. The number of nitrogens with zero attached hydrogens (tertiary/aromatic N) is 15. The first-order valence-electron chi connectivity index (χ1n) is 45.1. The second kappa shape index (κ2) is 35.1. The van der Waals surface area contributed by atoms with Gasteiger partial charge in [0.05, 0.1) is 84.2 Å². The van der Waals surface area contributed by atoms with Gasteiger partial charge in [-0.1, -0.05) is 108 Å². The number of aryl methyl sites for hydroxylation is 3. The molecule has 6 aliphatic rings. The number of ether oxygens (including phenoxy) is 3. The van der Waals surface area contributed by atoms with Crippen LogP contribution in [-0.4, -0.2) is 251 Å². The number of halogens is 3. The lowest BCUT2D eigenvalue weighted by Crippen LogP contribution is -2.33. The predicted molar refractivity (Wildman–Crippen MR) is 398 cm³/mol. The minimum absolute atomic E-state index is 0.00343. The van der Waals surface area contributed by atoms with Gasteiger partial charge in [0, 0.05) is 94.2 Å². The molecule has 0 radical (unpaired) electrons. The van der Waals surface area contributed by atoms with Crippen LogP contribution in [-0.2, 0) is 14.2 Å². The van der Waals surface area contributed by atoms with Gasteiger partial charge in [-0.25, -0.2) is 57.1 Å². The lowest BCUT2D eigenvalue weighted by Gasteiger charge is -2.17. The Kier molecular flexibility index (Phi) is 17.9. The molecule has 30 nitrogen and oxygen atoms in total. The summed E-state index contributed by atoms with van der Waals surface area (Å²) in [5.41, 5.74) is -4.20. The Balaban J connectivity index is 0.000000166. The Morgan fingerprint density at radius 2 is 0.815 bits per heavy atom. The monoisotopic (exact) mass is 1580 g/mol. The Bertz CT molecular complexity index is 5660. The van der Waals surface area contributed by atoms with Crippen molar-refractivity contribution in [1.29, 1.82) is 0 Å². The number of nitrogens with one attached hydrogen (secondary N) is 3. The van der Waals surface area contributed by atoms with Gasteiger partial charge >= 0.3 is 0 Å². The van der Waals surface area contributed by atoms with Crippen molar-refractivity contribution < 1.29 is 103 Å². The molecule has 0 spiro atoms. The largest absolute Gasteiger partial charge is 0.394 e. The smallest absolute Gasteiger partial charge is 0.191 e. The summed E-state index contributed by atoms with van der Waals surface area (Å²) >= 11 is 1.49. The highest BCUT2D eigenvalue weighted by molar-refractivity contribution is 7.99. The van der Waals surface area contributed by atoms with Gasteiger partial charge in [-0.3, -0.25) is 0 Å². The molecule has 12 N–H and O–H groups in total. The molecule has 0 aliphatic heterocycles. The van der Waals surface area contributed by atoms with Gasteiger partial charge in [-0.15, -0.1) is 15.3 Å². The van der Waals surface area contributed by atoms with E-state index in [0.717, 1.165) is 23.2 Å². The average molecular weight is 1580 g/mol. The summed E-state index contributed by atoms with van der Waals surface area (Å²) in [5, 5.41) is 125. The first-order valence-corrected chi connectivity index (χ1v) is 36.6. The molecule has 18 atom stereocenters. The van der Waals surface area contributed by atoms with E-state index >= 15 is 0 Å². The van der Waals surface area contributed by atoms with E-state index < -0.39 is 202 Å². The second-order valence-corrected chi connectivity index (χ2v) is 28.3. The average Bonchev–Trinajstić information content (AvgIpc) is 1.77. The van der Waals surface area contributed by atoms with E-state index in [9.17, 15) is 54.0 Å².